The summed E-state index contributed by atoms with van der Waals surface area (Å²) in [5.74, 6) is -1.55. The molecular formula is C17H19BrN2O4. The highest BCUT2D eigenvalue weighted by Crippen LogP contribution is 2.24. The Morgan fingerprint density at radius 1 is 1.46 bits per heavy atom. The molecule has 2 aromatic rings. The zero-order valence-corrected chi connectivity index (χ0v) is 14.6. The Bertz CT molecular complexity index is 752. The summed E-state index contributed by atoms with van der Waals surface area (Å²) in [6.45, 7) is 1.02. The second kappa shape index (κ2) is 7.36. The van der Waals surface area contributed by atoms with Gasteiger partial charge in [0.25, 0.3) is 0 Å². The smallest absolute Gasteiger partial charge is 0.326 e. The van der Waals surface area contributed by atoms with E-state index in [4.69, 9.17) is 4.74 Å². The Labute approximate surface area is 147 Å². The van der Waals surface area contributed by atoms with Crippen LogP contribution >= 0.6 is 15.9 Å². The molecule has 0 unspecified atom stereocenters. The molecule has 24 heavy (non-hydrogen) atoms. The molecular weight excluding hydrogens is 376 g/mol. The molecule has 0 spiro atoms. The van der Waals surface area contributed by atoms with Crippen molar-refractivity contribution >= 4 is 38.7 Å². The summed E-state index contributed by atoms with van der Waals surface area (Å²) in [4.78, 5) is 27.0. The number of nitrogens with one attached hydrogen (secondary N) is 2. The summed E-state index contributed by atoms with van der Waals surface area (Å²) < 4.78 is 6.23. The Balaban J connectivity index is 1.74. The minimum absolute atomic E-state index is 0.227. The Hall–Kier alpha value is -1.86. The van der Waals surface area contributed by atoms with E-state index >= 15 is 0 Å². The molecule has 0 bridgehead atoms. The SMILES string of the molecule is O=C(N[C@@H](Cc1c[nH]c2ccc(Br)cc12)C(=O)O)[C@H]1CCCOC1. The van der Waals surface area contributed by atoms with Crippen LogP contribution in [0.15, 0.2) is 28.9 Å². The van der Waals surface area contributed by atoms with Crippen molar-refractivity contribution in [3.8, 4) is 0 Å². The number of H-pyrrole nitrogens is 1. The Morgan fingerprint density at radius 3 is 3.00 bits per heavy atom. The number of carbonyl (C=O) groups excluding carboxylic acids is 1. The molecule has 6 nitrogen and oxygen atoms in total. The average molecular weight is 395 g/mol. The van der Waals surface area contributed by atoms with Crippen molar-refractivity contribution in [3.05, 3.63) is 34.4 Å². The minimum Gasteiger partial charge on any atom is -0.480 e. The molecule has 1 aliphatic heterocycles. The molecule has 0 saturated carbocycles. The van der Waals surface area contributed by atoms with Gasteiger partial charge in [-0.3, -0.25) is 4.79 Å². The van der Waals surface area contributed by atoms with Crippen molar-refractivity contribution < 1.29 is 19.4 Å². The van der Waals surface area contributed by atoms with Crippen LogP contribution in [0.3, 0.4) is 0 Å². The third-order valence-electron chi connectivity index (χ3n) is 4.30. The first kappa shape index (κ1) is 17.0. The number of carbonyl (C=O) groups is 2. The van der Waals surface area contributed by atoms with Crippen LogP contribution in [0.25, 0.3) is 10.9 Å². The molecule has 7 heteroatoms. The maximum absolute atomic E-state index is 12.3. The van der Waals surface area contributed by atoms with Crippen molar-refractivity contribution in [3.63, 3.8) is 0 Å². The first-order chi connectivity index (χ1) is 11.5. The molecule has 3 rings (SSSR count). The summed E-state index contributed by atoms with van der Waals surface area (Å²) in [5.41, 5.74) is 1.79. The van der Waals surface area contributed by atoms with Crippen LogP contribution in [0, 0.1) is 5.92 Å². The number of hydrogen-bond acceptors (Lipinski definition) is 3. The van der Waals surface area contributed by atoms with Crippen molar-refractivity contribution in [2.45, 2.75) is 25.3 Å². The van der Waals surface area contributed by atoms with Gasteiger partial charge in [0.05, 0.1) is 12.5 Å². The van der Waals surface area contributed by atoms with Gasteiger partial charge < -0.3 is 20.1 Å². The fourth-order valence-corrected chi connectivity index (χ4v) is 3.34. The number of halogens is 1. The lowest BCUT2D eigenvalue weighted by atomic mass is 9.99. The van der Waals surface area contributed by atoms with Crippen LogP contribution in [-0.4, -0.2) is 41.2 Å². The van der Waals surface area contributed by atoms with Crippen LogP contribution in [0.1, 0.15) is 18.4 Å². The van der Waals surface area contributed by atoms with Gasteiger partial charge in [-0.25, -0.2) is 4.79 Å². The summed E-state index contributed by atoms with van der Waals surface area (Å²) in [6.07, 6.45) is 3.58. The van der Waals surface area contributed by atoms with Gasteiger partial charge in [-0.1, -0.05) is 15.9 Å². The number of carboxylic acid groups (broad SMARTS) is 1. The number of ether oxygens (including phenoxy) is 1. The van der Waals surface area contributed by atoms with Crippen molar-refractivity contribution in [2.24, 2.45) is 5.92 Å². The monoisotopic (exact) mass is 394 g/mol. The molecule has 2 atom stereocenters. The predicted molar refractivity (Wildman–Crippen MR) is 92.8 cm³/mol. The quantitative estimate of drug-likeness (QED) is 0.726. The van der Waals surface area contributed by atoms with Gasteiger partial charge in [0.15, 0.2) is 0 Å². The van der Waals surface area contributed by atoms with Crippen molar-refractivity contribution in [1.82, 2.24) is 10.3 Å². The number of fused-ring (bicyclic) bond motifs is 1. The molecule has 2 heterocycles. The van der Waals surface area contributed by atoms with Gasteiger partial charge >= 0.3 is 5.97 Å². The van der Waals surface area contributed by atoms with E-state index in [0.717, 1.165) is 33.8 Å². The fraction of sp³-hybridized carbons (Fsp3) is 0.412. The molecule has 1 aliphatic rings. The third kappa shape index (κ3) is 3.79. The molecule has 1 fully saturated rings. The number of hydrogen-bond donors (Lipinski definition) is 3. The van der Waals surface area contributed by atoms with E-state index in [0.29, 0.717) is 13.2 Å². The highest BCUT2D eigenvalue weighted by atomic mass is 79.9. The molecule has 128 valence electrons. The molecule has 0 radical (unpaired) electrons. The number of aromatic amines is 1. The summed E-state index contributed by atoms with van der Waals surface area (Å²) in [7, 11) is 0. The second-order valence-corrected chi connectivity index (χ2v) is 6.94. The lowest BCUT2D eigenvalue weighted by Gasteiger charge is -2.23. The number of amides is 1. The topological polar surface area (TPSA) is 91.4 Å². The first-order valence-corrected chi connectivity index (χ1v) is 8.70. The lowest BCUT2D eigenvalue weighted by molar-refractivity contribution is -0.143. The number of rotatable bonds is 5. The molecule has 1 saturated heterocycles. The average Bonchev–Trinajstić information content (AvgIpc) is 2.97. The molecule has 1 amide bonds. The van der Waals surface area contributed by atoms with E-state index in [1.54, 1.807) is 6.20 Å². The van der Waals surface area contributed by atoms with Crippen molar-refractivity contribution in [1.29, 1.82) is 0 Å². The first-order valence-electron chi connectivity index (χ1n) is 7.91. The fourth-order valence-electron chi connectivity index (χ4n) is 2.98. The summed E-state index contributed by atoms with van der Waals surface area (Å²) in [6, 6.07) is 4.83. The van der Waals surface area contributed by atoms with E-state index in [1.165, 1.54) is 0 Å². The van der Waals surface area contributed by atoms with E-state index in [2.05, 4.69) is 26.2 Å². The van der Waals surface area contributed by atoms with Crippen molar-refractivity contribution in [2.75, 3.05) is 13.2 Å². The van der Waals surface area contributed by atoms with Gasteiger partial charge in [-0.05, 0) is 36.6 Å². The number of benzene rings is 1. The molecule has 1 aromatic carbocycles. The van der Waals surface area contributed by atoms with Crippen LogP contribution in [0.2, 0.25) is 0 Å². The Morgan fingerprint density at radius 2 is 2.29 bits per heavy atom. The lowest BCUT2D eigenvalue weighted by Crippen LogP contribution is -2.46. The van der Waals surface area contributed by atoms with Gasteiger partial charge in [0, 0.05) is 34.6 Å². The van der Waals surface area contributed by atoms with E-state index in [-0.39, 0.29) is 18.2 Å². The highest BCUT2D eigenvalue weighted by molar-refractivity contribution is 9.10. The third-order valence-corrected chi connectivity index (χ3v) is 4.79. The second-order valence-electron chi connectivity index (χ2n) is 6.02. The minimum atomic E-state index is -1.04. The highest BCUT2D eigenvalue weighted by Gasteiger charge is 2.27. The molecule has 0 aliphatic carbocycles. The molecule has 1 aromatic heterocycles. The van der Waals surface area contributed by atoms with E-state index in [9.17, 15) is 14.7 Å². The number of carboxylic acids is 1. The van der Waals surface area contributed by atoms with Gasteiger partial charge in [-0.2, -0.15) is 0 Å². The van der Waals surface area contributed by atoms with E-state index < -0.39 is 12.0 Å². The van der Waals surface area contributed by atoms with Gasteiger partial charge in [0.2, 0.25) is 5.91 Å². The van der Waals surface area contributed by atoms with Gasteiger partial charge in [-0.15, -0.1) is 0 Å². The van der Waals surface area contributed by atoms with E-state index in [1.807, 2.05) is 18.2 Å². The van der Waals surface area contributed by atoms with Crippen LogP contribution in [-0.2, 0) is 20.7 Å². The molecule has 3 N–H and O–H groups in total. The standard InChI is InChI=1S/C17H19BrN2O4/c18-12-3-4-14-13(7-12)11(8-19-14)6-15(17(22)23)20-16(21)10-2-1-5-24-9-10/h3-4,7-8,10,15,19H,1-2,5-6,9H2,(H,20,21)(H,22,23)/t10-,15-/m0/s1. The maximum Gasteiger partial charge on any atom is 0.326 e. The van der Waals surface area contributed by atoms with Crippen LogP contribution in [0.4, 0.5) is 0 Å². The number of aromatic nitrogens is 1. The summed E-state index contributed by atoms with van der Waals surface area (Å²) >= 11 is 3.42. The normalized spacial score (nSPS) is 19.1. The van der Waals surface area contributed by atoms with Crippen LogP contribution < -0.4 is 5.32 Å². The van der Waals surface area contributed by atoms with Crippen LogP contribution in [0.5, 0.6) is 0 Å². The zero-order chi connectivity index (χ0) is 17.1. The number of aliphatic carboxylic acids is 1. The maximum atomic E-state index is 12.3. The predicted octanol–water partition coefficient (Wildman–Crippen LogP) is 2.47. The zero-order valence-electron chi connectivity index (χ0n) is 13.0. The largest absolute Gasteiger partial charge is 0.480 e. The summed E-state index contributed by atoms with van der Waals surface area (Å²) in [5, 5.41) is 13.1. The Kier molecular flexibility index (Phi) is 5.20. The van der Waals surface area contributed by atoms with Gasteiger partial charge in [0.1, 0.15) is 6.04 Å².